The van der Waals surface area contributed by atoms with E-state index in [1.165, 1.54) is 11.3 Å². The van der Waals surface area contributed by atoms with Crippen LogP contribution in [0.15, 0.2) is 36.4 Å². The number of esters is 1. The van der Waals surface area contributed by atoms with E-state index >= 15 is 0 Å². The molecule has 2 heterocycles. The molecule has 0 radical (unpaired) electrons. The zero-order valence-electron chi connectivity index (χ0n) is 14.5. The SMILES string of the molecule is CCc1ccc(C(=O)COC(=O)c2c(C)nc3ccccc3c2C)s1. The quantitative estimate of drug-likeness (QED) is 0.500. The first-order valence-electron chi connectivity index (χ1n) is 8.16. The second-order valence-corrected chi connectivity index (χ2v) is 7.00. The van der Waals surface area contributed by atoms with Gasteiger partial charge in [-0.15, -0.1) is 11.3 Å². The molecule has 0 saturated heterocycles. The van der Waals surface area contributed by atoms with Gasteiger partial charge < -0.3 is 4.74 Å². The number of thiophene rings is 1. The predicted molar refractivity (Wildman–Crippen MR) is 99.5 cm³/mol. The first kappa shape index (κ1) is 17.3. The van der Waals surface area contributed by atoms with Crippen molar-refractivity contribution in [3.63, 3.8) is 0 Å². The van der Waals surface area contributed by atoms with Gasteiger partial charge in [-0.1, -0.05) is 25.1 Å². The predicted octanol–water partition coefficient (Wildman–Crippen LogP) is 4.52. The molecule has 0 aliphatic heterocycles. The summed E-state index contributed by atoms with van der Waals surface area (Å²) in [6.07, 6.45) is 0.888. The lowest BCUT2D eigenvalue weighted by molar-refractivity contribution is 0.0474. The maximum Gasteiger partial charge on any atom is 0.340 e. The Labute approximate surface area is 150 Å². The Kier molecular flexibility index (Phi) is 4.95. The average Bonchev–Trinajstić information content (AvgIpc) is 3.09. The normalized spacial score (nSPS) is 10.8. The number of benzene rings is 1. The van der Waals surface area contributed by atoms with Crippen LogP contribution in [0, 0.1) is 13.8 Å². The number of nitrogens with zero attached hydrogens (tertiary/aromatic N) is 1. The third kappa shape index (κ3) is 3.46. The van der Waals surface area contributed by atoms with Crippen LogP contribution < -0.4 is 0 Å². The Balaban J connectivity index is 1.79. The molecule has 128 valence electrons. The highest BCUT2D eigenvalue weighted by atomic mass is 32.1. The number of aromatic nitrogens is 1. The summed E-state index contributed by atoms with van der Waals surface area (Å²) in [5.41, 5.74) is 2.71. The Hall–Kier alpha value is -2.53. The maximum absolute atomic E-state index is 12.5. The molecule has 0 N–H and O–H groups in total. The van der Waals surface area contributed by atoms with Gasteiger partial charge in [0.25, 0.3) is 0 Å². The number of fused-ring (bicyclic) bond motifs is 1. The van der Waals surface area contributed by atoms with Crippen LogP contribution in [0.2, 0.25) is 0 Å². The van der Waals surface area contributed by atoms with Crippen molar-refractivity contribution in [2.75, 3.05) is 6.61 Å². The number of pyridine rings is 1. The molecule has 0 atom stereocenters. The number of carbonyl (C=O) groups is 2. The molecule has 0 fully saturated rings. The fourth-order valence-corrected chi connectivity index (χ4v) is 3.70. The molecule has 0 amide bonds. The molecular formula is C20H19NO3S. The third-order valence-electron chi connectivity index (χ3n) is 4.16. The summed E-state index contributed by atoms with van der Waals surface area (Å²) in [5, 5.41) is 0.914. The molecule has 25 heavy (non-hydrogen) atoms. The van der Waals surface area contributed by atoms with Crippen LogP contribution in [0.4, 0.5) is 0 Å². The minimum absolute atomic E-state index is 0.179. The van der Waals surface area contributed by atoms with Crippen molar-refractivity contribution < 1.29 is 14.3 Å². The highest BCUT2D eigenvalue weighted by Crippen LogP contribution is 2.23. The Morgan fingerprint density at radius 3 is 2.60 bits per heavy atom. The zero-order valence-corrected chi connectivity index (χ0v) is 15.3. The fourth-order valence-electron chi connectivity index (χ4n) is 2.82. The molecule has 2 aromatic heterocycles. The van der Waals surface area contributed by atoms with Gasteiger partial charge in [0.2, 0.25) is 5.78 Å². The van der Waals surface area contributed by atoms with Crippen molar-refractivity contribution in [1.29, 1.82) is 0 Å². The molecule has 1 aromatic carbocycles. The van der Waals surface area contributed by atoms with E-state index < -0.39 is 5.97 Å². The summed E-state index contributed by atoms with van der Waals surface area (Å²) in [4.78, 5) is 31.0. The Morgan fingerprint density at radius 2 is 1.88 bits per heavy atom. The molecule has 3 aromatic rings. The molecule has 0 spiro atoms. The summed E-state index contributed by atoms with van der Waals surface area (Å²) in [7, 11) is 0. The van der Waals surface area contributed by atoms with Gasteiger partial charge in [0.05, 0.1) is 21.7 Å². The van der Waals surface area contributed by atoms with Gasteiger partial charge in [0, 0.05) is 10.3 Å². The van der Waals surface area contributed by atoms with Crippen molar-refractivity contribution >= 4 is 34.0 Å². The second kappa shape index (κ2) is 7.15. The van der Waals surface area contributed by atoms with E-state index in [1.54, 1.807) is 13.0 Å². The summed E-state index contributed by atoms with van der Waals surface area (Å²) >= 11 is 1.44. The van der Waals surface area contributed by atoms with E-state index in [9.17, 15) is 9.59 Å². The summed E-state index contributed by atoms with van der Waals surface area (Å²) in [5.74, 6) is -0.684. The zero-order chi connectivity index (χ0) is 18.0. The highest BCUT2D eigenvalue weighted by molar-refractivity contribution is 7.14. The fraction of sp³-hybridized carbons (Fsp3) is 0.250. The first-order valence-corrected chi connectivity index (χ1v) is 8.98. The van der Waals surface area contributed by atoms with Gasteiger partial charge in [-0.25, -0.2) is 4.79 Å². The van der Waals surface area contributed by atoms with E-state index in [-0.39, 0.29) is 12.4 Å². The lowest BCUT2D eigenvalue weighted by Crippen LogP contribution is -2.16. The standard InChI is InChI=1S/C20H19NO3S/c1-4-14-9-10-18(25-14)17(22)11-24-20(23)19-12(2)15-7-5-6-8-16(15)21-13(19)3/h5-10H,4,11H2,1-3H3. The van der Waals surface area contributed by atoms with Gasteiger partial charge in [-0.3, -0.25) is 9.78 Å². The van der Waals surface area contributed by atoms with Gasteiger partial charge >= 0.3 is 5.97 Å². The number of ether oxygens (including phenoxy) is 1. The monoisotopic (exact) mass is 353 g/mol. The van der Waals surface area contributed by atoms with Crippen molar-refractivity contribution in [2.45, 2.75) is 27.2 Å². The minimum atomic E-state index is -0.506. The molecule has 3 rings (SSSR count). The van der Waals surface area contributed by atoms with Crippen LogP contribution in [0.3, 0.4) is 0 Å². The number of Topliss-reactive ketones (excluding diaryl/α,β-unsaturated/α-hetero) is 1. The van der Waals surface area contributed by atoms with E-state index in [0.717, 1.165) is 27.8 Å². The molecule has 0 saturated carbocycles. The largest absolute Gasteiger partial charge is 0.454 e. The number of para-hydroxylation sites is 1. The molecule has 5 heteroatoms. The van der Waals surface area contributed by atoms with Crippen molar-refractivity contribution in [2.24, 2.45) is 0 Å². The number of hydrogen-bond donors (Lipinski definition) is 0. The van der Waals surface area contributed by atoms with Crippen molar-refractivity contribution in [3.05, 3.63) is 63.0 Å². The van der Waals surface area contributed by atoms with E-state index in [2.05, 4.69) is 4.98 Å². The van der Waals surface area contributed by atoms with Gasteiger partial charge in [-0.05, 0) is 44.0 Å². The molecule has 0 aliphatic rings. The molecular weight excluding hydrogens is 334 g/mol. The Morgan fingerprint density at radius 1 is 1.12 bits per heavy atom. The second-order valence-electron chi connectivity index (χ2n) is 5.83. The topological polar surface area (TPSA) is 56.3 Å². The Bertz CT molecular complexity index is 959. The first-order chi connectivity index (χ1) is 12.0. The lowest BCUT2D eigenvalue weighted by atomic mass is 10.0. The van der Waals surface area contributed by atoms with Crippen LogP contribution in [0.1, 0.15) is 43.1 Å². The molecule has 0 unspecified atom stereocenters. The van der Waals surface area contributed by atoms with Crippen LogP contribution in [0.25, 0.3) is 10.9 Å². The van der Waals surface area contributed by atoms with Crippen LogP contribution in [0.5, 0.6) is 0 Å². The highest BCUT2D eigenvalue weighted by Gasteiger charge is 2.19. The van der Waals surface area contributed by atoms with Crippen LogP contribution in [-0.2, 0) is 11.2 Å². The van der Waals surface area contributed by atoms with Gasteiger partial charge in [-0.2, -0.15) is 0 Å². The third-order valence-corrected chi connectivity index (χ3v) is 5.43. The van der Waals surface area contributed by atoms with Crippen molar-refractivity contribution in [1.82, 2.24) is 4.98 Å². The number of aryl methyl sites for hydroxylation is 3. The van der Waals surface area contributed by atoms with E-state index in [1.807, 2.05) is 44.2 Å². The smallest absolute Gasteiger partial charge is 0.340 e. The number of hydrogen-bond acceptors (Lipinski definition) is 5. The maximum atomic E-state index is 12.5. The summed E-state index contributed by atoms with van der Waals surface area (Å²) in [6.45, 7) is 5.44. The lowest BCUT2D eigenvalue weighted by Gasteiger charge is -2.11. The van der Waals surface area contributed by atoms with Gasteiger partial charge in [0.1, 0.15) is 0 Å². The van der Waals surface area contributed by atoms with E-state index in [0.29, 0.717) is 16.1 Å². The van der Waals surface area contributed by atoms with Crippen LogP contribution in [-0.4, -0.2) is 23.3 Å². The van der Waals surface area contributed by atoms with Crippen molar-refractivity contribution in [3.8, 4) is 0 Å². The molecule has 0 aliphatic carbocycles. The van der Waals surface area contributed by atoms with E-state index in [4.69, 9.17) is 4.74 Å². The number of ketones is 1. The molecule has 0 bridgehead atoms. The molecule has 4 nitrogen and oxygen atoms in total. The number of carbonyl (C=O) groups excluding carboxylic acids is 2. The van der Waals surface area contributed by atoms with Gasteiger partial charge in [0.15, 0.2) is 6.61 Å². The summed E-state index contributed by atoms with van der Waals surface area (Å²) in [6, 6.07) is 11.4. The minimum Gasteiger partial charge on any atom is -0.454 e. The van der Waals surface area contributed by atoms with Crippen LogP contribution >= 0.6 is 11.3 Å². The summed E-state index contributed by atoms with van der Waals surface area (Å²) < 4.78 is 5.28. The average molecular weight is 353 g/mol. The number of rotatable bonds is 5.